The van der Waals surface area contributed by atoms with Crippen LogP contribution in [-0.4, -0.2) is 60.6 Å². The number of rotatable bonds is 2. The minimum atomic E-state index is -0.0139. The van der Waals surface area contributed by atoms with Crippen LogP contribution in [0.25, 0.3) is 0 Å². The van der Waals surface area contributed by atoms with E-state index in [-0.39, 0.29) is 6.03 Å². The summed E-state index contributed by atoms with van der Waals surface area (Å²) in [5.41, 5.74) is 5.44. The summed E-state index contributed by atoms with van der Waals surface area (Å²) >= 11 is 4.82. The standard InChI is InChI=1S/C8H16N4OS/c1-10-8(13)12-4-2-11(3-5-12)6-7(9)14/h2-6H2,1H3,(H2,9,14)(H,10,13). The van der Waals surface area contributed by atoms with Crippen LogP contribution < -0.4 is 11.1 Å². The molecule has 0 aromatic carbocycles. The molecule has 1 aliphatic heterocycles. The minimum Gasteiger partial charge on any atom is -0.392 e. The molecule has 0 aromatic rings. The van der Waals surface area contributed by atoms with Gasteiger partial charge in [-0.05, 0) is 0 Å². The predicted molar refractivity (Wildman–Crippen MR) is 59.3 cm³/mol. The second-order valence-electron chi connectivity index (χ2n) is 3.28. The van der Waals surface area contributed by atoms with Gasteiger partial charge in [0.25, 0.3) is 0 Å². The third-order valence-electron chi connectivity index (χ3n) is 2.25. The zero-order valence-electron chi connectivity index (χ0n) is 8.32. The Labute approximate surface area is 89.2 Å². The van der Waals surface area contributed by atoms with Crippen molar-refractivity contribution in [3.63, 3.8) is 0 Å². The molecule has 0 saturated carbocycles. The smallest absolute Gasteiger partial charge is 0.317 e. The zero-order chi connectivity index (χ0) is 10.6. The van der Waals surface area contributed by atoms with Crippen molar-refractivity contribution in [2.75, 3.05) is 39.8 Å². The van der Waals surface area contributed by atoms with E-state index < -0.39 is 0 Å². The molecular formula is C8H16N4OS. The fraction of sp³-hybridized carbons (Fsp3) is 0.750. The van der Waals surface area contributed by atoms with Gasteiger partial charge < -0.3 is 16.0 Å². The van der Waals surface area contributed by atoms with Gasteiger partial charge in [-0.15, -0.1) is 0 Å². The predicted octanol–water partition coefficient (Wildman–Crippen LogP) is -0.770. The van der Waals surface area contributed by atoms with E-state index in [1.54, 1.807) is 11.9 Å². The van der Waals surface area contributed by atoms with E-state index in [0.717, 1.165) is 26.2 Å². The lowest BCUT2D eigenvalue weighted by Crippen LogP contribution is -2.52. The van der Waals surface area contributed by atoms with E-state index in [1.165, 1.54) is 0 Å². The molecule has 0 bridgehead atoms. The summed E-state index contributed by atoms with van der Waals surface area (Å²) in [6, 6.07) is -0.0139. The number of carbonyl (C=O) groups is 1. The molecule has 14 heavy (non-hydrogen) atoms. The molecule has 1 fully saturated rings. The third-order valence-corrected chi connectivity index (χ3v) is 2.38. The zero-order valence-corrected chi connectivity index (χ0v) is 9.14. The van der Waals surface area contributed by atoms with Gasteiger partial charge in [0.1, 0.15) is 0 Å². The van der Waals surface area contributed by atoms with Gasteiger partial charge in [-0.1, -0.05) is 12.2 Å². The van der Waals surface area contributed by atoms with E-state index in [1.807, 2.05) is 0 Å². The normalized spacial score (nSPS) is 17.9. The summed E-state index contributed by atoms with van der Waals surface area (Å²) in [4.78, 5) is 15.7. The van der Waals surface area contributed by atoms with Crippen LogP contribution in [0.4, 0.5) is 4.79 Å². The number of amides is 2. The highest BCUT2D eigenvalue weighted by Gasteiger charge is 2.19. The molecule has 1 saturated heterocycles. The van der Waals surface area contributed by atoms with Crippen molar-refractivity contribution in [1.29, 1.82) is 0 Å². The number of piperazine rings is 1. The molecule has 0 spiro atoms. The van der Waals surface area contributed by atoms with Gasteiger partial charge in [0.15, 0.2) is 0 Å². The quantitative estimate of drug-likeness (QED) is 0.595. The third kappa shape index (κ3) is 3.12. The van der Waals surface area contributed by atoms with E-state index in [0.29, 0.717) is 11.5 Å². The van der Waals surface area contributed by atoms with Crippen molar-refractivity contribution in [3.8, 4) is 0 Å². The Morgan fingerprint density at radius 2 is 2.00 bits per heavy atom. The molecule has 2 amide bonds. The molecule has 1 heterocycles. The molecule has 1 rings (SSSR count). The summed E-state index contributed by atoms with van der Waals surface area (Å²) < 4.78 is 0. The van der Waals surface area contributed by atoms with Crippen molar-refractivity contribution >= 4 is 23.2 Å². The Bertz CT molecular complexity index is 225. The fourth-order valence-corrected chi connectivity index (χ4v) is 1.67. The first-order valence-corrected chi connectivity index (χ1v) is 5.01. The number of hydrogen-bond acceptors (Lipinski definition) is 3. The second-order valence-corrected chi connectivity index (χ2v) is 3.81. The Balaban J connectivity index is 2.31. The number of nitrogens with zero attached hydrogens (tertiary/aromatic N) is 2. The number of urea groups is 1. The van der Waals surface area contributed by atoms with E-state index in [4.69, 9.17) is 18.0 Å². The van der Waals surface area contributed by atoms with Gasteiger partial charge >= 0.3 is 6.03 Å². The first kappa shape index (κ1) is 11.2. The first-order valence-electron chi connectivity index (χ1n) is 4.61. The van der Waals surface area contributed by atoms with Gasteiger partial charge in [-0.25, -0.2) is 4.79 Å². The molecule has 80 valence electrons. The van der Waals surface area contributed by atoms with Crippen molar-refractivity contribution in [3.05, 3.63) is 0 Å². The molecule has 0 aliphatic carbocycles. The number of thiocarbonyl (C=S) groups is 1. The molecule has 5 nitrogen and oxygen atoms in total. The van der Waals surface area contributed by atoms with Crippen LogP contribution in [0.1, 0.15) is 0 Å². The lowest BCUT2D eigenvalue weighted by atomic mass is 10.3. The summed E-state index contributed by atoms with van der Waals surface area (Å²) in [5.74, 6) is 0. The summed E-state index contributed by atoms with van der Waals surface area (Å²) in [6.45, 7) is 3.80. The van der Waals surface area contributed by atoms with Crippen LogP contribution in [0, 0.1) is 0 Å². The number of nitrogens with two attached hydrogens (primary N) is 1. The summed E-state index contributed by atoms with van der Waals surface area (Å²) in [5, 5.41) is 2.61. The lowest BCUT2D eigenvalue weighted by Gasteiger charge is -2.34. The Hall–Kier alpha value is -0.880. The monoisotopic (exact) mass is 216 g/mol. The average molecular weight is 216 g/mol. The number of carbonyl (C=O) groups excluding carboxylic acids is 1. The van der Waals surface area contributed by atoms with Crippen LogP contribution >= 0.6 is 12.2 Å². The van der Waals surface area contributed by atoms with Gasteiger partial charge in [-0.2, -0.15) is 0 Å². The summed E-state index contributed by atoms with van der Waals surface area (Å²) in [7, 11) is 1.64. The van der Waals surface area contributed by atoms with Crippen LogP contribution in [0.5, 0.6) is 0 Å². The highest BCUT2D eigenvalue weighted by molar-refractivity contribution is 7.80. The molecule has 3 N–H and O–H groups in total. The Morgan fingerprint density at radius 3 is 2.43 bits per heavy atom. The van der Waals surface area contributed by atoms with E-state index >= 15 is 0 Å². The maximum atomic E-state index is 11.2. The van der Waals surface area contributed by atoms with E-state index in [2.05, 4.69) is 10.2 Å². The molecule has 0 atom stereocenters. The molecule has 0 unspecified atom stereocenters. The maximum Gasteiger partial charge on any atom is 0.317 e. The minimum absolute atomic E-state index is 0.0139. The molecule has 1 aliphatic rings. The second kappa shape index (κ2) is 5.11. The first-order chi connectivity index (χ1) is 6.63. The fourth-order valence-electron chi connectivity index (χ4n) is 1.49. The summed E-state index contributed by atoms with van der Waals surface area (Å²) in [6.07, 6.45) is 0. The van der Waals surface area contributed by atoms with Crippen LogP contribution in [0.3, 0.4) is 0 Å². The highest BCUT2D eigenvalue weighted by atomic mass is 32.1. The average Bonchev–Trinajstić information content (AvgIpc) is 2.17. The van der Waals surface area contributed by atoms with Crippen LogP contribution in [0.2, 0.25) is 0 Å². The Morgan fingerprint density at radius 1 is 1.43 bits per heavy atom. The van der Waals surface area contributed by atoms with Gasteiger partial charge in [0, 0.05) is 39.8 Å². The van der Waals surface area contributed by atoms with Crippen molar-refractivity contribution < 1.29 is 4.79 Å². The van der Waals surface area contributed by atoms with Crippen LogP contribution in [0.15, 0.2) is 0 Å². The maximum absolute atomic E-state index is 11.2. The molecule has 6 heteroatoms. The van der Waals surface area contributed by atoms with Gasteiger partial charge in [0.05, 0.1) is 4.99 Å². The number of nitrogens with one attached hydrogen (secondary N) is 1. The van der Waals surface area contributed by atoms with Gasteiger partial charge in [-0.3, -0.25) is 4.90 Å². The van der Waals surface area contributed by atoms with Crippen molar-refractivity contribution in [2.45, 2.75) is 0 Å². The van der Waals surface area contributed by atoms with E-state index in [9.17, 15) is 4.79 Å². The van der Waals surface area contributed by atoms with Gasteiger partial charge in [0.2, 0.25) is 0 Å². The lowest BCUT2D eigenvalue weighted by molar-refractivity contribution is 0.150. The van der Waals surface area contributed by atoms with Crippen LogP contribution in [-0.2, 0) is 0 Å². The molecule has 0 radical (unpaired) electrons. The molecule has 0 aromatic heterocycles. The molecular weight excluding hydrogens is 200 g/mol. The van der Waals surface area contributed by atoms with Crippen molar-refractivity contribution in [1.82, 2.24) is 15.1 Å². The largest absolute Gasteiger partial charge is 0.392 e. The SMILES string of the molecule is CNC(=O)N1CCN(CC(N)=S)CC1. The number of hydrogen-bond donors (Lipinski definition) is 2. The highest BCUT2D eigenvalue weighted by Crippen LogP contribution is 2.01. The Kier molecular flexibility index (Phi) is 4.09. The van der Waals surface area contributed by atoms with Crippen molar-refractivity contribution in [2.24, 2.45) is 5.73 Å². The topological polar surface area (TPSA) is 61.6 Å².